The lowest BCUT2D eigenvalue weighted by Gasteiger charge is -2.09. The summed E-state index contributed by atoms with van der Waals surface area (Å²) >= 11 is 12.0. The monoisotopic (exact) mass is 371 g/mol. The SMILES string of the molecule is O=C(Nc1ccc(Cl)cc1)c1cc(NCc2ccccc2Cl)ccn1. The molecule has 1 heterocycles. The second-order valence-electron chi connectivity index (χ2n) is 5.34. The molecule has 25 heavy (non-hydrogen) atoms. The molecule has 0 aliphatic heterocycles. The standard InChI is InChI=1S/C19H15Cl2N3O/c20-14-5-7-15(8-6-14)24-19(25)18-11-16(9-10-22-18)23-12-13-3-1-2-4-17(13)21/h1-11H,12H2,(H,22,23)(H,24,25). The van der Waals surface area contributed by atoms with Gasteiger partial charge in [0.15, 0.2) is 0 Å². The van der Waals surface area contributed by atoms with Crippen LogP contribution in [0.2, 0.25) is 10.0 Å². The molecule has 0 unspecified atom stereocenters. The molecule has 4 nitrogen and oxygen atoms in total. The summed E-state index contributed by atoms with van der Waals surface area (Å²) in [6.45, 7) is 0.557. The summed E-state index contributed by atoms with van der Waals surface area (Å²) in [5.41, 5.74) is 2.74. The fraction of sp³-hybridized carbons (Fsp3) is 0.0526. The van der Waals surface area contributed by atoms with E-state index in [1.807, 2.05) is 24.3 Å². The zero-order valence-corrected chi connectivity index (χ0v) is 14.7. The van der Waals surface area contributed by atoms with Crippen LogP contribution in [0.25, 0.3) is 0 Å². The summed E-state index contributed by atoms with van der Waals surface area (Å²) in [5.74, 6) is -0.288. The van der Waals surface area contributed by atoms with E-state index < -0.39 is 0 Å². The number of hydrogen-bond acceptors (Lipinski definition) is 3. The zero-order valence-electron chi connectivity index (χ0n) is 13.2. The Morgan fingerprint density at radius 3 is 2.48 bits per heavy atom. The molecule has 0 aliphatic rings. The Bertz CT molecular complexity index is 882. The highest BCUT2D eigenvalue weighted by Gasteiger charge is 2.09. The summed E-state index contributed by atoms with van der Waals surface area (Å²) in [4.78, 5) is 16.4. The molecule has 0 bridgehead atoms. The van der Waals surface area contributed by atoms with Gasteiger partial charge in [-0.2, -0.15) is 0 Å². The highest BCUT2D eigenvalue weighted by atomic mass is 35.5. The predicted octanol–water partition coefficient (Wildman–Crippen LogP) is 5.25. The Kier molecular flexibility index (Phi) is 5.53. The average Bonchev–Trinajstić information content (AvgIpc) is 2.63. The third-order valence-electron chi connectivity index (χ3n) is 3.54. The Balaban J connectivity index is 1.67. The molecule has 3 aromatic rings. The van der Waals surface area contributed by atoms with Crippen LogP contribution in [-0.4, -0.2) is 10.9 Å². The van der Waals surface area contributed by atoms with Crippen molar-refractivity contribution in [1.29, 1.82) is 0 Å². The quantitative estimate of drug-likeness (QED) is 0.643. The fourth-order valence-electron chi connectivity index (χ4n) is 2.23. The molecule has 1 aromatic heterocycles. The van der Waals surface area contributed by atoms with Gasteiger partial charge in [0.25, 0.3) is 5.91 Å². The predicted molar refractivity (Wildman–Crippen MR) is 102 cm³/mol. The molecule has 0 fully saturated rings. The van der Waals surface area contributed by atoms with Gasteiger partial charge >= 0.3 is 0 Å². The van der Waals surface area contributed by atoms with Crippen molar-refractivity contribution in [2.24, 2.45) is 0 Å². The van der Waals surface area contributed by atoms with Gasteiger partial charge in [-0.3, -0.25) is 9.78 Å². The molecule has 0 radical (unpaired) electrons. The number of benzene rings is 2. The largest absolute Gasteiger partial charge is 0.381 e. The van der Waals surface area contributed by atoms with E-state index in [0.717, 1.165) is 11.3 Å². The van der Waals surface area contributed by atoms with Crippen LogP contribution in [0.5, 0.6) is 0 Å². The smallest absolute Gasteiger partial charge is 0.274 e. The van der Waals surface area contributed by atoms with Crippen LogP contribution in [0.15, 0.2) is 66.9 Å². The number of rotatable bonds is 5. The highest BCUT2D eigenvalue weighted by molar-refractivity contribution is 6.31. The van der Waals surface area contributed by atoms with Crippen molar-refractivity contribution in [1.82, 2.24) is 4.98 Å². The number of amides is 1. The molecule has 0 saturated heterocycles. The molecule has 2 aromatic carbocycles. The van der Waals surface area contributed by atoms with Gasteiger partial charge in [-0.05, 0) is 48.0 Å². The van der Waals surface area contributed by atoms with Gasteiger partial charge in [-0.15, -0.1) is 0 Å². The van der Waals surface area contributed by atoms with Crippen molar-refractivity contribution in [3.05, 3.63) is 88.2 Å². The summed E-state index contributed by atoms with van der Waals surface area (Å²) < 4.78 is 0. The maximum Gasteiger partial charge on any atom is 0.274 e. The molecular weight excluding hydrogens is 357 g/mol. The van der Waals surface area contributed by atoms with Crippen LogP contribution in [0.4, 0.5) is 11.4 Å². The molecule has 6 heteroatoms. The minimum atomic E-state index is -0.288. The summed E-state index contributed by atoms with van der Waals surface area (Å²) in [6, 6.07) is 18.0. The Hall–Kier alpha value is -2.56. The van der Waals surface area contributed by atoms with E-state index in [1.54, 1.807) is 42.6 Å². The normalized spacial score (nSPS) is 10.3. The molecule has 0 aliphatic carbocycles. The zero-order chi connectivity index (χ0) is 17.6. The number of aromatic nitrogens is 1. The number of nitrogens with one attached hydrogen (secondary N) is 2. The third kappa shape index (κ3) is 4.72. The van der Waals surface area contributed by atoms with Gasteiger partial charge < -0.3 is 10.6 Å². The minimum absolute atomic E-state index is 0.288. The summed E-state index contributed by atoms with van der Waals surface area (Å²) in [7, 11) is 0. The van der Waals surface area contributed by atoms with Crippen LogP contribution < -0.4 is 10.6 Å². The second kappa shape index (κ2) is 8.01. The number of hydrogen-bond donors (Lipinski definition) is 2. The summed E-state index contributed by atoms with van der Waals surface area (Å²) in [6.07, 6.45) is 1.59. The minimum Gasteiger partial charge on any atom is -0.381 e. The van der Waals surface area contributed by atoms with Gasteiger partial charge in [0.05, 0.1) is 0 Å². The topological polar surface area (TPSA) is 54.0 Å². The van der Waals surface area contributed by atoms with Crippen molar-refractivity contribution in [2.45, 2.75) is 6.54 Å². The lowest BCUT2D eigenvalue weighted by molar-refractivity contribution is 0.102. The highest BCUT2D eigenvalue weighted by Crippen LogP contribution is 2.18. The van der Waals surface area contributed by atoms with Crippen LogP contribution in [0, 0.1) is 0 Å². The van der Waals surface area contributed by atoms with Crippen LogP contribution in [0.3, 0.4) is 0 Å². The first-order valence-corrected chi connectivity index (χ1v) is 8.38. The summed E-state index contributed by atoms with van der Waals surface area (Å²) in [5, 5.41) is 7.34. The van der Waals surface area contributed by atoms with Crippen molar-refractivity contribution in [2.75, 3.05) is 10.6 Å². The van der Waals surface area contributed by atoms with E-state index in [4.69, 9.17) is 23.2 Å². The first-order chi connectivity index (χ1) is 12.1. The molecule has 126 valence electrons. The Morgan fingerprint density at radius 1 is 0.960 bits per heavy atom. The number of halogens is 2. The second-order valence-corrected chi connectivity index (χ2v) is 6.18. The van der Waals surface area contributed by atoms with Crippen molar-refractivity contribution in [3.63, 3.8) is 0 Å². The first kappa shape index (κ1) is 17.3. The maximum atomic E-state index is 12.3. The van der Waals surface area contributed by atoms with Gasteiger partial charge in [-0.25, -0.2) is 0 Å². The van der Waals surface area contributed by atoms with E-state index >= 15 is 0 Å². The molecule has 3 rings (SSSR count). The van der Waals surface area contributed by atoms with Gasteiger partial charge in [0.2, 0.25) is 0 Å². The fourth-order valence-corrected chi connectivity index (χ4v) is 2.56. The molecular formula is C19H15Cl2N3O. The Morgan fingerprint density at radius 2 is 1.72 bits per heavy atom. The van der Waals surface area contributed by atoms with Crippen LogP contribution >= 0.6 is 23.2 Å². The van der Waals surface area contributed by atoms with Crippen molar-refractivity contribution in [3.8, 4) is 0 Å². The van der Waals surface area contributed by atoms with Crippen LogP contribution in [-0.2, 0) is 6.54 Å². The van der Waals surface area contributed by atoms with E-state index in [1.165, 1.54) is 0 Å². The maximum absolute atomic E-state index is 12.3. The number of carbonyl (C=O) groups excluding carboxylic acids is 1. The molecule has 0 spiro atoms. The van der Waals surface area contributed by atoms with Gasteiger partial charge in [0.1, 0.15) is 5.69 Å². The van der Waals surface area contributed by atoms with E-state index in [9.17, 15) is 4.79 Å². The first-order valence-electron chi connectivity index (χ1n) is 7.62. The van der Waals surface area contributed by atoms with Crippen molar-refractivity contribution >= 4 is 40.5 Å². The van der Waals surface area contributed by atoms with E-state index in [0.29, 0.717) is 28.0 Å². The lowest BCUT2D eigenvalue weighted by Crippen LogP contribution is -2.14. The average molecular weight is 372 g/mol. The van der Waals surface area contributed by atoms with Crippen LogP contribution in [0.1, 0.15) is 16.1 Å². The number of nitrogens with zero attached hydrogens (tertiary/aromatic N) is 1. The van der Waals surface area contributed by atoms with Crippen molar-refractivity contribution < 1.29 is 4.79 Å². The Labute approximate surface area is 155 Å². The number of anilines is 2. The lowest BCUT2D eigenvalue weighted by atomic mass is 10.2. The third-order valence-corrected chi connectivity index (χ3v) is 4.16. The molecule has 0 atom stereocenters. The molecule has 2 N–H and O–H groups in total. The van der Waals surface area contributed by atoms with Gasteiger partial charge in [-0.1, -0.05) is 41.4 Å². The van der Waals surface area contributed by atoms with Gasteiger partial charge in [0, 0.05) is 34.2 Å². The van der Waals surface area contributed by atoms with E-state index in [2.05, 4.69) is 15.6 Å². The molecule has 1 amide bonds. The number of pyridine rings is 1. The van der Waals surface area contributed by atoms with E-state index in [-0.39, 0.29) is 5.91 Å². The number of carbonyl (C=O) groups is 1. The molecule has 0 saturated carbocycles.